The summed E-state index contributed by atoms with van der Waals surface area (Å²) in [7, 11) is 0. The van der Waals surface area contributed by atoms with Gasteiger partial charge in [-0.25, -0.2) is 4.99 Å². The van der Waals surface area contributed by atoms with Crippen molar-refractivity contribution in [2.24, 2.45) is 4.99 Å². The number of carbonyl (C=O) groups excluding carboxylic acids is 1. The van der Waals surface area contributed by atoms with Crippen molar-refractivity contribution in [1.82, 2.24) is 20.4 Å². The molecule has 146 valence electrons. The highest BCUT2D eigenvalue weighted by molar-refractivity contribution is 6.04. The fourth-order valence-electron chi connectivity index (χ4n) is 2.21. The normalized spacial score (nSPS) is 17.2. The molecule has 0 saturated carbocycles. The number of halogens is 3. The van der Waals surface area contributed by atoms with Gasteiger partial charge in [-0.1, -0.05) is 0 Å². The van der Waals surface area contributed by atoms with Crippen molar-refractivity contribution in [2.75, 3.05) is 38.2 Å². The smallest absolute Gasteiger partial charge is 0.379 e. The molecule has 8 nitrogen and oxygen atoms in total. The Morgan fingerprint density at radius 3 is 2.54 bits per heavy atom. The van der Waals surface area contributed by atoms with Crippen LogP contribution in [0.1, 0.15) is 26.5 Å². The molecule has 1 amide bonds. The van der Waals surface area contributed by atoms with Crippen LogP contribution >= 0.6 is 0 Å². The van der Waals surface area contributed by atoms with Crippen LogP contribution in [0, 0.1) is 0 Å². The first-order valence-corrected chi connectivity index (χ1v) is 8.12. The summed E-state index contributed by atoms with van der Waals surface area (Å²) in [5.74, 6) is -0.378. The van der Waals surface area contributed by atoms with Crippen molar-refractivity contribution in [2.45, 2.75) is 32.5 Å². The van der Waals surface area contributed by atoms with Gasteiger partial charge in [0.15, 0.2) is 5.82 Å². The van der Waals surface area contributed by atoms with Crippen LogP contribution in [0.3, 0.4) is 0 Å². The monoisotopic (exact) mass is 376 g/mol. The Balaban J connectivity index is 2.05. The topological polar surface area (TPSA) is 94.6 Å². The fraction of sp³-hybridized carbons (Fsp3) is 0.667. The zero-order valence-electron chi connectivity index (χ0n) is 14.9. The zero-order chi connectivity index (χ0) is 19.4. The summed E-state index contributed by atoms with van der Waals surface area (Å²) >= 11 is 0. The fourth-order valence-corrected chi connectivity index (χ4v) is 2.21. The van der Waals surface area contributed by atoms with Crippen LogP contribution in [0.2, 0.25) is 0 Å². The Morgan fingerprint density at radius 1 is 1.35 bits per heavy atom. The minimum Gasteiger partial charge on any atom is -0.379 e. The van der Waals surface area contributed by atoms with Gasteiger partial charge in [-0.05, 0) is 20.8 Å². The Morgan fingerprint density at radius 2 is 2.00 bits per heavy atom. The average molecular weight is 376 g/mol. The van der Waals surface area contributed by atoms with Crippen LogP contribution in [0.15, 0.2) is 11.1 Å². The number of nitrogens with one attached hydrogen (secondary N) is 3. The van der Waals surface area contributed by atoms with Crippen molar-refractivity contribution in [3.05, 3.63) is 11.8 Å². The molecule has 1 aliphatic rings. The molecule has 1 aromatic heterocycles. The molecule has 1 fully saturated rings. The van der Waals surface area contributed by atoms with Gasteiger partial charge in [-0.2, -0.15) is 18.3 Å². The molecule has 0 atom stereocenters. The summed E-state index contributed by atoms with van der Waals surface area (Å²) in [5.41, 5.74) is -1.55. The van der Waals surface area contributed by atoms with E-state index in [0.717, 1.165) is 6.07 Å². The largest absolute Gasteiger partial charge is 0.432 e. The van der Waals surface area contributed by atoms with Crippen molar-refractivity contribution in [3.63, 3.8) is 0 Å². The number of amides is 1. The van der Waals surface area contributed by atoms with Gasteiger partial charge in [0.2, 0.25) is 11.9 Å². The predicted molar refractivity (Wildman–Crippen MR) is 89.8 cm³/mol. The maximum absolute atomic E-state index is 12.7. The predicted octanol–water partition coefficient (Wildman–Crippen LogP) is 1.44. The van der Waals surface area contributed by atoms with E-state index in [9.17, 15) is 18.0 Å². The molecule has 2 heterocycles. The molecule has 0 aromatic carbocycles. The third kappa shape index (κ3) is 6.64. The quantitative estimate of drug-likeness (QED) is 0.548. The van der Waals surface area contributed by atoms with Gasteiger partial charge < -0.3 is 10.1 Å². The van der Waals surface area contributed by atoms with E-state index in [4.69, 9.17) is 4.74 Å². The number of nitrogens with zero attached hydrogens (tertiary/aromatic N) is 3. The van der Waals surface area contributed by atoms with E-state index in [1.807, 2.05) is 10.00 Å². The molecule has 3 N–H and O–H groups in total. The van der Waals surface area contributed by atoms with Gasteiger partial charge in [0, 0.05) is 19.2 Å². The van der Waals surface area contributed by atoms with E-state index in [0.29, 0.717) is 26.3 Å². The molecular formula is C15H23F3N6O2. The highest BCUT2D eigenvalue weighted by Crippen LogP contribution is 2.28. The standard InChI is InChI=1S/C15H23F3N6O2/c1-14(2,3)21-13(19-11-8-10(22-23-11)15(16,17)18)20-12(25)9-24-4-6-26-7-5-24/h8H,4-7,9H2,1-3H3,(H3,19,20,21,22,23,25). The summed E-state index contributed by atoms with van der Waals surface area (Å²) < 4.78 is 43.2. The molecule has 2 rings (SSSR count). The number of aromatic nitrogens is 2. The highest BCUT2D eigenvalue weighted by atomic mass is 19.4. The molecule has 0 aliphatic carbocycles. The maximum atomic E-state index is 12.7. The number of hydrogen-bond acceptors (Lipinski definition) is 5. The molecule has 1 saturated heterocycles. The molecule has 0 bridgehead atoms. The van der Waals surface area contributed by atoms with Gasteiger partial charge in [-0.15, -0.1) is 0 Å². The van der Waals surface area contributed by atoms with Crippen LogP contribution in [-0.2, 0) is 15.7 Å². The summed E-state index contributed by atoms with van der Waals surface area (Å²) in [4.78, 5) is 18.5. The van der Waals surface area contributed by atoms with E-state index in [2.05, 4.69) is 20.7 Å². The SMILES string of the molecule is CC(C)(C)N=C(NC(=O)CN1CCOCC1)Nc1cc(C(F)(F)F)[nH]n1. The second-order valence-electron chi connectivity index (χ2n) is 6.86. The van der Waals surface area contributed by atoms with Crippen molar-refractivity contribution < 1.29 is 22.7 Å². The second-order valence-corrected chi connectivity index (χ2v) is 6.86. The number of guanidine groups is 1. The summed E-state index contributed by atoms with van der Waals surface area (Å²) in [6.45, 7) is 7.94. The van der Waals surface area contributed by atoms with Crippen LogP contribution in [-0.4, -0.2) is 65.4 Å². The minimum atomic E-state index is -4.53. The van der Waals surface area contributed by atoms with Gasteiger partial charge in [-0.3, -0.25) is 20.1 Å². The lowest BCUT2D eigenvalue weighted by molar-refractivity contribution is -0.141. The highest BCUT2D eigenvalue weighted by Gasteiger charge is 2.33. The first kappa shape index (κ1) is 20.2. The lowest BCUT2D eigenvalue weighted by atomic mass is 10.1. The number of aromatic amines is 1. The molecule has 11 heteroatoms. The average Bonchev–Trinajstić information content (AvgIpc) is 2.95. The Labute approximate surface area is 149 Å². The van der Waals surface area contributed by atoms with E-state index in [1.165, 1.54) is 0 Å². The van der Waals surface area contributed by atoms with Crippen LogP contribution in [0.4, 0.5) is 19.0 Å². The number of anilines is 1. The van der Waals surface area contributed by atoms with Gasteiger partial charge in [0.25, 0.3) is 0 Å². The number of hydrogen-bond donors (Lipinski definition) is 3. The minimum absolute atomic E-state index is 0.0379. The number of ether oxygens (including phenoxy) is 1. The van der Waals surface area contributed by atoms with Crippen LogP contribution < -0.4 is 10.6 Å². The number of carbonyl (C=O) groups is 1. The van der Waals surface area contributed by atoms with Crippen LogP contribution in [0.25, 0.3) is 0 Å². The maximum Gasteiger partial charge on any atom is 0.432 e. The molecule has 1 aromatic rings. The molecule has 0 unspecified atom stereocenters. The Hall–Kier alpha value is -2.14. The molecule has 0 spiro atoms. The van der Waals surface area contributed by atoms with Crippen molar-refractivity contribution in [1.29, 1.82) is 0 Å². The van der Waals surface area contributed by atoms with E-state index in [-0.39, 0.29) is 24.2 Å². The summed E-state index contributed by atoms with van der Waals surface area (Å²) in [6.07, 6.45) is -4.53. The van der Waals surface area contributed by atoms with E-state index in [1.54, 1.807) is 20.8 Å². The van der Waals surface area contributed by atoms with Gasteiger partial charge >= 0.3 is 6.18 Å². The zero-order valence-corrected chi connectivity index (χ0v) is 14.9. The molecular weight excluding hydrogens is 353 g/mol. The Bertz CT molecular complexity index is 645. The summed E-state index contributed by atoms with van der Waals surface area (Å²) in [5, 5.41) is 10.7. The molecule has 26 heavy (non-hydrogen) atoms. The lowest BCUT2D eigenvalue weighted by Crippen LogP contribution is -2.46. The molecule has 1 aliphatic heterocycles. The van der Waals surface area contributed by atoms with Crippen molar-refractivity contribution >= 4 is 17.7 Å². The number of aliphatic imine (C=N–C) groups is 1. The third-order valence-electron chi connectivity index (χ3n) is 3.31. The third-order valence-corrected chi connectivity index (χ3v) is 3.31. The number of alkyl halides is 3. The van der Waals surface area contributed by atoms with Gasteiger partial charge in [0.1, 0.15) is 5.69 Å². The first-order chi connectivity index (χ1) is 12.0. The molecule has 0 radical (unpaired) electrons. The Kier molecular flexibility index (Phi) is 6.24. The summed E-state index contributed by atoms with van der Waals surface area (Å²) in [6, 6.07) is 0.812. The number of morpholine rings is 1. The number of H-pyrrole nitrogens is 1. The number of rotatable bonds is 3. The van der Waals surface area contributed by atoms with Gasteiger partial charge in [0.05, 0.1) is 25.3 Å². The van der Waals surface area contributed by atoms with E-state index < -0.39 is 17.4 Å². The second kappa shape index (κ2) is 8.04. The van der Waals surface area contributed by atoms with Crippen LogP contribution in [0.5, 0.6) is 0 Å². The van der Waals surface area contributed by atoms with E-state index >= 15 is 0 Å². The first-order valence-electron chi connectivity index (χ1n) is 8.12. The lowest BCUT2D eigenvalue weighted by Gasteiger charge is -2.26. The van der Waals surface area contributed by atoms with Crippen molar-refractivity contribution in [3.8, 4) is 0 Å².